The molecule has 1 saturated heterocycles. The first-order chi connectivity index (χ1) is 12.7. The smallest absolute Gasteiger partial charge is 0.259 e. The van der Waals surface area contributed by atoms with Crippen LogP contribution in [0.15, 0.2) is 41.1 Å². The van der Waals surface area contributed by atoms with Gasteiger partial charge in [0.2, 0.25) is 0 Å². The van der Waals surface area contributed by atoms with Crippen LogP contribution in [0.5, 0.6) is 5.75 Å². The number of hydrogen-bond acceptors (Lipinski definition) is 4. The second-order valence-electron chi connectivity index (χ2n) is 7.23. The maximum absolute atomic E-state index is 13.3. The molecule has 2 aromatic rings. The Balaban J connectivity index is 1.80. The predicted molar refractivity (Wildman–Crippen MR) is 106 cm³/mol. The quantitative estimate of drug-likeness (QED) is 0.562. The van der Waals surface area contributed by atoms with Gasteiger partial charge in [-0.3, -0.25) is 9.69 Å². The van der Waals surface area contributed by atoms with E-state index in [-0.39, 0.29) is 11.7 Å². The number of hydrogen-bond donors (Lipinski definition) is 1. The summed E-state index contributed by atoms with van der Waals surface area (Å²) in [5.74, 6) is 0.123. The zero-order valence-electron chi connectivity index (χ0n) is 14.8. The van der Waals surface area contributed by atoms with Gasteiger partial charge in [0.05, 0.1) is 6.20 Å². The van der Waals surface area contributed by atoms with Crippen molar-refractivity contribution in [3.05, 3.63) is 58.1 Å². The molecule has 4 rings (SSSR count). The predicted octanol–water partition coefficient (Wildman–Crippen LogP) is 3.31. The van der Waals surface area contributed by atoms with E-state index in [0.717, 1.165) is 5.56 Å². The lowest BCUT2D eigenvalue weighted by molar-refractivity contribution is -0.134. The summed E-state index contributed by atoms with van der Waals surface area (Å²) in [7, 11) is 1.66. The summed E-state index contributed by atoms with van der Waals surface area (Å²) in [5, 5.41) is 3.60. The van der Waals surface area contributed by atoms with Crippen molar-refractivity contribution in [2.75, 3.05) is 7.05 Å². The number of ether oxygens (including phenoxy) is 1. The van der Waals surface area contributed by atoms with Crippen LogP contribution in [0.2, 0.25) is 0 Å². The normalized spacial score (nSPS) is 26.7. The Labute approximate surface area is 170 Å². The largest absolute Gasteiger partial charge is 0.485 e. The van der Waals surface area contributed by atoms with Gasteiger partial charge in [0, 0.05) is 25.5 Å². The number of nitrogens with one attached hydrogen (secondary N) is 1. The topological polar surface area (TPSA) is 54.5 Å². The average Bonchev–Trinajstić information content (AvgIpc) is 2.82. The molecule has 1 amide bonds. The van der Waals surface area contributed by atoms with E-state index in [9.17, 15) is 9.18 Å². The van der Waals surface area contributed by atoms with E-state index >= 15 is 0 Å². The Bertz CT molecular complexity index is 954. The standard InChI is InChI=1S/C19H17BrFN3O2S/c1-18(8-11-3-5-12(21)6-4-11)10-19(16(25)24(2)17(27)23-19)13-7-15(20)22-9-14(13)26-18/h3-7,9H,8,10H2,1-2H3,(H,23,27). The summed E-state index contributed by atoms with van der Waals surface area (Å²) in [6.07, 6.45) is 2.50. The van der Waals surface area contributed by atoms with E-state index < -0.39 is 11.1 Å². The van der Waals surface area contributed by atoms with Gasteiger partial charge in [-0.05, 0) is 58.8 Å². The molecule has 3 heterocycles. The first-order valence-corrected chi connectivity index (χ1v) is 9.62. The van der Waals surface area contributed by atoms with Crippen LogP contribution in [-0.4, -0.2) is 33.6 Å². The Kier molecular flexibility index (Phi) is 4.23. The van der Waals surface area contributed by atoms with E-state index in [2.05, 4.69) is 26.2 Å². The lowest BCUT2D eigenvalue weighted by atomic mass is 9.75. The Morgan fingerprint density at radius 3 is 2.74 bits per heavy atom. The van der Waals surface area contributed by atoms with Crippen molar-refractivity contribution >= 4 is 39.2 Å². The fourth-order valence-electron chi connectivity index (χ4n) is 3.92. The summed E-state index contributed by atoms with van der Waals surface area (Å²) in [6.45, 7) is 1.94. The molecule has 1 fully saturated rings. The van der Waals surface area contributed by atoms with Crippen molar-refractivity contribution in [1.29, 1.82) is 0 Å². The second-order valence-corrected chi connectivity index (χ2v) is 8.43. The number of thiocarbonyl (C=S) groups is 1. The number of nitrogens with zero attached hydrogens (tertiary/aromatic N) is 2. The van der Waals surface area contributed by atoms with Gasteiger partial charge >= 0.3 is 0 Å². The minimum absolute atomic E-state index is 0.125. The molecule has 0 bridgehead atoms. The summed E-state index contributed by atoms with van der Waals surface area (Å²) in [5.41, 5.74) is -0.0923. The number of amides is 1. The number of pyridine rings is 1. The van der Waals surface area contributed by atoms with E-state index in [1.807, 2.05) is 6.92 Å². The van der Waals surface area contributed by atoms with Gasteiger partial charge in [0.15, 0.2) is 10.7 Å². The van der Waals surface area contributed by atoms with Crippen molar-refractivity contribution < 1.29 is 13.9 Å². The Morgan fingerprint density at radius 2 is 2.11 bits per heavy atom. The molecule has 0 aliphatic carbocycles. The molecule has 1 aromatic carbocycles. The van der Waals surface area contributed by atoms with E-state index in [0.29, 0.717) is 33.9 Å². The summed E-state index contributed by atoms with van der Waals surface area (Å²) < 4.78 is 20.2. The van der Waals surface area contributed by atoms with Crippen molar-refractivity contribution in [2.24, 2.45) is 0 Å². The van der Waals surface area contributed by atoms with Gasteiger partial charge in [0.25, 0.3) is 5.91 Å². The molecule has 5 nitrogen and oxygen atoms in total. The van der Waals surface area contributed by atoms with Gasteiger partial charge in [-0.25, -0.2) is 9.37 Å². The number of carbonyl (C=O) groups is 1. The van der Waals surface area contributed by atoms with Crippen molar-refractivity contribution in [3.63, 3.8) is 0 Å². The highest BCUT2D eigenvalue weighted by atomic mass is 79.9. The number of likely N-dealkylation sites (N-methyl/N-ethyl adjacent to an activating group) is 1. The van der Waals surface area contributed by atoms with Crippen LogP contribution in [0.25, 0.3) is 0 Å². The van der Waals surface area contributed by atoms with E-state index in [1.165, 1.54) is 17.0 Å². The molecule has 1 N–H and O–H groups in total. The minimum Gasteiger partial charge on any atom is -0.485 e. The van der Waals surface area contributed by atoms with Crippen LogP contribution in [-0.2, 0) is 16.8 Å². The van der Waals surface area contributed by atoms with Gasteiger partial charge in [-0.15, -0.1) is 0 Å². The molecule has 2 unspecified atom stereocenters. The molecule has 8 heteroatoms. The van der Waals surface area contributed by atoms with Crippen molar-refractivity contribution in [1.82, 2.24) is 15.2 Å². The molecular weight excluding hydrogens is 433 g/mol. The van der Waals surface area contributed by atoms with E-state index in [4.69, 9.17) is 17.0 Å². The SMILES string of the molecule is CN1C(=O)C2(CC(C)(Cc3ccc(F)cc3)Oc3cnc(Br)cc32)NC1=S. The number of halogens is 2. The fraction of sp³-hybridized carbons (Fsp3) is 0.316. The number of rotatable bonds is 2. The summed E-state index contributed by atoms with van der Waals surface area (Å²) in [6, 6.07) is 8.09. The molecule has 2 aliphatic heterocycles. The third-order valence-corrected chi connectivity index (χ3v) is 5.88. The van der Waals surface area contributed by atoms with Crippen LogP contribution >= 0.6 is 28.1 Å². The molecule has 2 aliphatic rings. The van der Waals surface area contributed by atoms with Crippen LogP contribution in [0.4, 0.5) is 4.39 Å². The first-order valence-electron chi connectivity index (χ1n) is 8.42. The molecule has 1 aromatic heterocycles. The maximum Gasteiger partial charge on any atom is 0.259 e. The second kappa shape index (κ2) is 6.24. The van der Waals surface area contributed by atoms with Crippen LogP contribution in [0.3, 0.4) is 0 Å². The zero-order chi connectivity index (χ0) is 19.4. The van der Waals surface area contributed by atoms with Crippen LogP contribution in [0, 0.1) is 5.82 Å². The van der Waals surface area contributed by atoms with Crippen LogP contribution in [0.1, 0.15) is 24.5 Å². The van der Waals surface area contributed by atoms with Gasteiger partial charge in [-0.2, -0.15) is 0 Å². The van der Waals surface area contributed by atoms with Gasteiger partial charge < -0.3 is 10.1 Å². The molecule has 140 valence electrons. The van der Waals surface area contributed by atoms with Crippen molar-refractivity contribution in [3.8, 4) is 5.75 Å². The van der Waals surface area contributed by atoms with Gasteiger partial charge in [-0.1, -0.05) is 12.1 Å². The highest BCUT2D eigenvalue weighted by molar-refractivity contribution is 9.10. The number of aromatic nitrogens is 1. The average molecular weight is 450 g/mol. The zero-order valence-corrected chi connectivity index (χ0v) is 17.2. The first kappa shape index (κ1) is 18.3. The Hall–Kier alpha value is -2.06. The van der Waals surface area contributed by atoms with E-state index in [1.54, 1.807) is 31.4 Å². The number of benzene rings is 1. The minimum atomic E-state index is -1.01. The monoisotopic (exact) mass is 449 g/mol. The highest BCUT2D eigenvalue weighted by Gasteiger charge is 2.57. The molecule has 2 atom stereocenters. The van der Waals surface area contributed by atoms with Crippen molar-refractivity contribution in [2.45, 2.75) is 30.9 Å². The molecule has 0 radical (unpaired) electrons. The third kappa shape index (κ3) is 3.00. The lowest BCUT2D eigenvalue weighted by Crippen LogP contribution is -2.55. The van der Waals surface area contributed by atoms with Crippen LogP contribution < -0.4 is 10.1 Å². The molecule has 0 saturated carbocycles. The fourth-order valence-corrected chi connectivity index (χ4v) is 4.51. The Morgan fingerprint density at radius 1 is 1.41 bits per heavy atom. The molecular formula is C19H17BrFN3O2S. The maximum atomic E-state index is 13.3. The third-order valence-electron chi connectivity index (χ3n) is 5.08. The summed E-state index contributed by atoms with van der Waals surface area (Å²) in [4.78, 5) is 18.9. The number of carbonyl (C=O) groups excluding carboxylic acids is 1. The lowest BCUT2D eigenvalue weighted by Gasteiger charge is -2.44. The summed E-state index contributed by atoms with van der Waals surface area (Å²) >= 11 is 8.71. The molecule has 1 spiro atoms. The van der Waals surface area contributed by atoms with Gasteiger partial charge in [0.1, 0.15) is 21.8 Å². The highest BCUT2D eigenvalue weighted by Crippen LogP contribution is 2.47. The number of fused-ring (bicyclic) bond motifs is 2. The molecule has 27 heavy (non-hydrogen) atoms.